The zero-order chi connectivity index (χ0) is 22.8. The predicted octanol–water partition coefficient (Wildman–Crippen LogP) is 5.15. The van der Waals surface area contributed by atoms with E-state index in [0.717, 1.165) is 11.1 Å². The van der Waals surface area contributed by atoms with E-state index < -0.39 is 10.8 Å². The standard InChI is InChI=1S/C23H18N4O4S/c1-13-7-8-15(11-14(13)2)22-25-18-12-16(9-10-20(18)31-22)24-23(32)26-21(28)17-5-3-4-6-19(17)27(29)30/h3-12H,1-2H3,(H2,24,26,28,32). The summed E-state index contributed by atoms with van der Waals surface area (Å²) in [7, 11) is 0. The van der Waals surface area contributed by atoms with E-state index >= 15 is 0 Å². The van der Waals surface area contributed by atoms with Gasteiger partial charge in [-0.25, -0.2) is 4.98 Å². The lowest BCUT2D eigenvalue weighted by Gasteiger charge is -2.09. The molecule has 0 aliphatic heterocycles. The van der Waals surface area contributed by atoms with Crippen LogP contribution >= 0.6 is 12.2 Å². The second-order valence-electron chi connectivity index (χ2n) is 7.18. The second-order valence-corrected chi connectivity index (χ2v) is 7.59. The molecule has 0 unspecified atom stereocenters. The maximum atomic E-state index is 12.4. The fourth-order valence-electron chi connectivity index (χ4n) is 3.16. The van der Waals surface area contributed by atoms with Crippen molar-refractivity contribution in [2.75, 3.05) is 5.32 Å². The monoisotopic (exact) mass is 446 g/mol. The summed E-state index contributed by atoms with van der Waals surface area (Å²) >= 11 is 5.20. The van der Waals surface area contributed by atoms with Crippen molar-refractivity contribution in [2.45, 2.75) is 13.8 Å². The van der Waals surface area contributed by atoms with Gasteiger partial charge in [0.15, 0.2) is 10.7 Å². The van der Waals surface area contributed by atoms with Crippen LogP contribution in [0.25, 0.3) is 22.6 Å². The molecule has 1 heterocycles. The molecule has 32 heavy (non-hydrogen) atoms. The van der Waals surface area contributed by atoms with Crippen LogP contribution in [0.2, 0.25) is 0 Å². The van der Waals surface area contributed by atoms with Gasteiger partial charge in [0.1, 0.15) is 11.1 Å². The molecule has 8 nitrogen and oxygen atoms in total. The Morgan fingerprint density at radius 1 is 1.06 bits per heavy atom. The summed E-state index contributed by atoms with van der Waals surface area (Å²) in [5.41, 5.74) is 4.66. The summed E-state index contributed by atoms with van der Waals surface area (Å²) in [5.74, 6) is -0.165. The van der Waals surface area contributed by atoms with E-state index in [1.807, 2.05) is 32.0 Å². The van der Waals surface area contributed by atoms with Crippen LogP contribution in [0, 0.1) is 24.0 Å². The van der Waals surface area contributed by atoms with Crippen LogP contribution in [0.5, 0.6) is 0 Å². The van der Waals surface area contributed by atoms with Crippen LogP contribution in [-0.4, -0.2) is 20.9 Å². The second kappa shape index (κ2) is 8.56. The van der Waals surface area contributed by atoms with Crippen LogP contribution in [0.3, 0.4) is 0 Å². The van der Waals surface area contributed by atoms with Crippen LogP contribution in [0.1, 0.15) is 21.5 Å². The molecule has 0 saturated carbocycles. The molecule has 0 aliphatic carbocycles. The van der Waals surface area contributed by atoms with Gasteiger partial charge in [-0.1, -0.05) is 18.2 Å². The number of nitro groups is 1. The van der Waals surface area contributed by atoms with Crippen molar-refractivity contribution in [2.24, 2.45) is 0 Å². The van der Waals surface area contributed by atoms with Gasteiger partial charge < -0.3 is 9.73 Å². The fourth-order valence-corrected chi connectivity index (χ4v) is 3.37. The molecule has 4 rings (SSSR count). The quantitative estimate of drug-likeness (QED) is 0.253. The zero-order valence-corrected chi connectivity index (χ0v) is 18.0. The molecular formula is C23H18N4O4S. The van der Waals surface area contributed by atoms with Gasteiger partial charge in [0, 0.05) is 17.3 Å². The number of benzene rings is 3. The van der Waals surface area contributed by atoms with E-state index in [2.05, 4.69) is 15.6 Å². The van der Waals surface area contributed by atoms with Gasteiger partial charge in [0.2, 0.25) is 5.89 Å². The van der Waals surface area contributed by atoms with E-state index in [0.29, 0.717) is 22.7 Å². The number of nitrogens with one attached hydrogen (secondary N) is 2. The van der Waals surface area contributed by atoms with Gasteiger partial charge in [-0.2, -0.15) is 0 Å². The number of nitrogens with zero attached hydrogens (tertiary/aromatic N) is 2. The summed E-state index contributed by atoms with van der Waals surface area (Å²) in [6.45, 7) is 4.07. The highest BCUT2D eigenvalue weighted by atomic mass is 32.1. The maximum Gasteiger partial charge on any atom is 0.282 e. The van der Waals surface area contributed by atoms with Crippen molar-refractivity contribution >= 4 is 45.7 Å². The van der Waals surface area contributed by atoms with E-state index in [1.165, 1.54) is 23.8 Å². The van der Waals surface area contributed by atoms with Crippen LogP contribution in [0.15, 0.2) is 65.1 Å². The van der Waals surface area contributed by atoms with E-state index in [9.17, 15) is 14.9 Å². The summed E-state index contributed by atoms with van der Waals surface area (Å²) < 4.78 is 5.86. The highest BCUT2D eigenvalue weighted by Gasteiger charge is 2.20. The molecule has 1 amide bonds. The Morgan fingerprint density at radius 2 is 1.84 bits per heavy atom. The predicted molar refractivity (Wildman–Crippen MR) is 126 cm³/mol. The lowest BCUT2D eigenvalue weighted by atomic mass is 10.1. The number of para-hydroxylation sites is 1. The SMILES string of the molecule is Cc1ccc(-c2nc3cc(NC(=S)NC(=O)c4ccccc4[N+](=O)[O-])ccc3o2)cc1C. The van der Waals surface area contributed by atoms with Gasteiger partial charge in [0.05, 0.1) is 4.92 Å². The number of oxazole rings is 1. The summed E-state index contributed by atoms with van der Waals surface area (Å²) in [4.78, 5) is 27.5. The highest BCUT2D eigenvalue weighted by molar-refractivity contribution is 7.80. The van der Waals surface area contributed by atoms with Crippen molar-refractivity contribution in [3.8, 4) is 11.5 Å². The molecule has 4 aromatic rings. The molecule has 3 aromatic carbocycles. The van der Waals surface area contributed by atoms with Gasteiger partial charge in [0.25, 0.3) is 11.6 Å². The zero-order valence-electron chi connectivity index (χ0n) is 17.2. The number of carbonyl (C=O) groups excluding carboxylic acids is 1. The van der Waals surface area contributed by atoms with Crippen molar-refractivity contribution in [1.29, 1.82) is 0 Å². The maximum absolute atomic E-state index is 12.4. The molecule has 0 fully saturated rings. The molecule has 160 valence electrons. The van der Waals surface area contributed by atoms with Crippen molar-refractivity contribution in [3.05, 3.63) is 87.5 Å². The molecule has 2 N–H and O–H groups in total. The molecule has 0 atom stereocenters. The molecule has 0 spiro atoms. The Bertz CT molecular complexity index is 1380. The lowest BCUT2D eigenvalue weighted by molar-refractivity contribution is -0.385. The van der Waals surface area contributed by atoms with Gasteiger partial charge in [-0.15, -0.1) is 0 Å². The Hall–Kier alpha value is -4.11. The molecule has 9 heteroatoms. The number of fused-ring (bicyclic) bond motifs is 1. The third kappa shape index (κ3) is 4.33. The average Bonchev–Trinajstić information content (AvgIpc) is 3.19. The number of nitro benzene ring substituents is 1. The molecule has 0 saturated heterocycles. The van der Waals surface area contributed by atoms with Crippen molar-refractivity contribution in [3.63, 3.8) is 0 Å². The minimum Gasteiger partial charge on any atom is -0.436 e. The third-order valence-corrected chi connectivity index (χ3v) is 5.18. The van der Waals surface area contributed by atoms with E-state index in [1.54, 1.807) is 24.3 Å². The van der Waals surface area contributed by atoms with Crippen molar-refractivity contribution in [1.82, 2.24) is 10.3 Å². The van der Waals surface area contributed by atoms with Crippen molar-refractivity contribution < 1.29 is 14.1 Å². The van der Waals surface area contributed by atoms with Gasteiger partial charge >= 0.3 is 0 Å². The number of amides is 1. The van der Waals surface area contributed by atoms with Gasteiger partial charge in [-0.05, 0) is 73.6 Å². The Kier molecular flexibility index (Phi) is 5.65. The lowest BCUT2D eigenvalue weighted by Crippen LogP contribution is -2.34. The first-order valence-electron chi connectivity index (χ1n) is 9.66. The number of carbonyl (C=O) groups is 1. The third-order valence-electron chi connectivity index (χ3n) is 4.97. The number of rotatable bonds is 4. The topological polar surface area (TPSA) is 110 Å². The first kappa shape index (κ1) is 21.1. The normalized spacial score (nSPS) is 10.7. The van der Waals surface area contributed by atoms with Gasteiger partial charge in [-0.3, -0.25) is 20.2 Å². The smallest absolute Gasteiger partial charge is 0.282 e. The van der Waals surface area contributed by atoms with E-state index in [-0.39, 0.29) is 16.4 Å². The first-order valence-corrected chi connectivity index (χ1v) is 10.1. The average molecular weight is 446 g/mol. The first-order chi connectivity index (χ1) is 15.3. The summed E-state index contributed by atoms with van der Waals surface area (Å²) in [6.07, 6.45) is 0. The summed E-state index contributed by atoms with van der Waals surface area (Å²) in [5, 5.41) is 16.5. The summed E-state index contributed by atoms with van der Waals surface area (Å²) in [6, 6.07) is 16.9. The molecule has 1 aromatic heterocycles. The molecule has 0 bridgehead atoms. The fraction of sp³-hybridized carbons (Fsp3) is 0.0870. The number of hydrogen-bond acceptors (Lipinski definition) is 6. The highest BCUT2D eigenvalue weighted by Crippen LogP contribution is 2.27. The number of anilines is 1. The van der Waals surface area contributed by atoms with E-state index in [4.69, 9.17) is 16.6 Å². The van der Waals surface area contributed by atoms with Crippen LogP contribution in [0.4, 0.5) is 11.4 Å². The van der Waals surface area contributed by atoms with Crippen LogP contribution in [-0.2, 0) is 0 Å². The number of thiocarbonyl (C=S) groups is 1. The number of aryl methyl sites for hydroxylation is 2. The Balaban J connectivity index is 1.51. The minimum absolute atomic E-state index is 0.00498. The number of aromatic nitrogens is 1. The minimum atomic E-state index is -0.672. The molecule has 0 radical (unpaired) electrons. The van der Waals surface area contributed by atoms with Crippen LogP contribution < -0.4 is 10.6 Å². The molecular weight excluding hydrogens is 428 g/mol. The number of hydrogen-bond donors (Lipinski definition) is 2. The Labute approximate surface area is 188 Å². The largest absolute Gasteiger partial charge is 0.436 e. The Morgan fingerprint density at radius 3 is 2.59 bits per heavy atom. The molecule has 0 aliphatic rings.